The zero-order valence-corrected chi connectivity index (χ0v) is 13.2. The van der Waals surface area contributed by atoms with Crippen LogP contribution in [-0.2, 0) is 0 Å². The molecule has 2 heterocycles. The fraction of sp³-hybridized carbons (Fsp3) is 0.706. The molecule has 3 rings (SSSR count). The molecule has 0 radical (unpaired) electrons. The van der Waals surface area contributed by atoms with Gasteiger partial charge in [-0.05, 0) is 31.6 Å². The number of aromatic nitrogens is 2. The zero-order valence-electron chi connectivity index (χ0n) is 13.2. The van der Waals surface area contributed by atoms with Crippen molar-refractivity contribution in [1.29, 1.82) is 0 Å². The van der Waals surface area contributed by atoms with Crippen LogP contribution in [0.3, 0.4) is 0 Å². The van der Waals surface area contributed by atoms with E-state index in [9.17, 15) is 4.79 Å². The van der Waals surface area contributed by atoms with Crippen LogP contribution in [0.5, 0.6) is 0 Å². The van der Waals surface area contributed by atoms with Crippen LogP contribution < -0.4 is 5.73 Å². The first-order valence-electron chi connectivity index (χ1n) is 8.65. The van der Waals surface area contributed by atoms with E-state index in [2.05, 4.69) is 14.9 Å². The van der Waals surface area contributed by atoms with Crippen molar-refractivity contribution >= 4 is 11.7 Å². The summed E-state index contributed by atoms with van der Waals surface area (Å²) in [5.41, 5.74) is 6.19. The molecule has 22 heavy (non-hydrogen) atoms. The summed E-state index contributed by atoms with van der Waals surface area (Å²) in [5.74, 6) is 0.871. The average Bonchev–Trinajstić information content (AvgIpc) is 2.81. The molecule has 5 heteroatoms. The number of likely N-dealkylation sites (tertiary alicyclic amines) is 1. The van der Waals surface area contributed by atoms with E-state index in [1.54, 1.807) is 6.20 Å². The van der Waals surface area contributed by atoms with Gasteiger partial charge < -0.3 is 10.6 Å². The molecule has 1 amide bonds. The summed E-state index contributed by atoms with van der Waals surface area (Å²) in [6, 6.07) is 0.358. The highest BCUT2D eigenvalue weighted by atomic mass is 16.2. The van der Waals surface area contributed by atoms with E-state index in [-0.39, 0.29) is 11.7 Å². The summed E-state index contributed by atoms with van der Waals surface area (Å²) in [7, 11) is 0. The first-order valence-corrected chi connectivity index (χ1v) is 8.65. The van der Waals surface area contributed by atoms with Crippen LogP contribution in [0.2, 0.25) is 0 Å². The maximum Gasteiger partial charge on any atom is 0.276 e. The molecule has 0 bridgehead atoms. The molecule has 5 nitrogen and oxygen atoms in total. The molecule has 0 unspecified atom stereocenters. The third-order valence-electron chi connectivity index (χ3n) is 5.18. The smallest absolute Gasteiger partial charge is 0.276 e. The van der Waals surface area contributed by atoms with E-state index < -0.39 is 0 Å². The predicted octanol–water partition coefficient (Wildman–Crippen LogP) is 3.02. The Kier molecular flexibility index (Phi) is 4.90. The highest BCUT2D eigenvalue weighted by Gasteiger charge is 2.34. The van der Waals surface area contributed by atoms with Gasteiger partial charge in [0.2, 0.25) is 0 Å². The van der Waals surface area contributed by atoms with Gasteiger partial charge in [0.1, 0.15) is 0 Å². The lowest BCUT2D eigenvalue weighted by Crippen LogP contribution is -2.45. The van der Waals surface area contributed by atoms with Crippen LogP contribution in [0.15, 0.2) is 12.4 Å². The molecule has 120 valence electrons. The molecule has 1 saturated heterocycles. The summed E-state index contributed by atoms with van der Waals surface area (Å²) in [4.78, 5) is 23.2. The summed E-state index contributed by atoms with van der Waals surface area (Å²) < 4.78 is 0. The largest absolute Gasteiger partial charge is 0.382 e. The van der Waals surface area contributed by atoms with Gasteiger partial charge in [-0.1, -0.05) is 32.1 Å². The Morgan fingerprint density at radius 2 is 1.68 bits per heavy atom. The monoisotopic (exact) mass is 302 g/mol. The van der Waals surface area contributed by atoms with Crippen LogP contribution in [0.1, 0.15) is 68.3 Å². The number of hydrogen-bond acceptors (Lipinski definition) is 4. The van der Waals surface area contributed by atoms with Crippen molar-refractivity contribution in [2.45, 2.75) is 63.8 Å². The highest BCUT2D eigenvalue weighted by Crippen LogP contribution is 2.34. The fourth-order valence-corrected chi connectivity index (χ4v) is 4.04. The number of nitrogens with two attached hydrogens (primary N) is 1. The number of carbonyl (C=O) groups excluding carboxylic acids is 1. The first kappa shape index (κ1) is 15.3. The van der Waals surface area contributed by atoms with Gasteiger partial charge in [-0.25, -0.2) is 9.97 Å². The van der Waals surface area contributed by atoms with Crippen LogP contribution in [-0.4, -0.2) is 33.4 Å². The minimum atomic E-state index is -0.0249. The molecule has 2 aliphatic rings. The molecule has 1 saturated carbocycles. The molecule has 1 aromatic heterocycles. The van der Waals surface area contributed by atoms with Crippen molar-refractivity contribution in [2.24, 2.45) is 5.92 Å². The van der Waals surface area contributed by atoms with E-state index >= 15 is 0 Å². The Morgan fingerprint density at radius 3 is 2.45 bits per heavy atom. The van der Waals surface area contributed by atoms with E-state index in [1.807, 2.05) is 0 Å². The van der Waals surface area contributed by atoms with Crippen LogP contribution in [0.4, 0.5) is 5.82 Å². The molecule has 2 fully saturated rings. The maximum absolute atomic E-state index is 13.0. The third-order valence-corrected chi connectivity index (χ3v) is 5.18. The van der Waals surface area contributed by atoms with Gasteiger partial charge in [-0.3, -0.25) is 4.79 Å². The molecule has 2 N–H and O–H groups in total. The quantitative estimate of drug-likeness (QED) is 0.911. The lowest BCUT2D eigenvalue weighted by molar-refractivity contribution is 0.0570. The molecule has 1 atom stereocenters. The van der Waals surface area contributed by atoms with Gasteiger partial charge in [0, 0.05) is 25.0 Å². The summed E-state index contributed by atoms with van der Waals surface area (Å²) in [6.45, 7) is 0.829. The zero-order chi connectivity index (χ0) is 15.4. The minimum absolute atomic E-state index is 0.0249. The topological polar surface area (TPSA) is 72.1 Å². The number of hydrogen-bond donors (Lipinski definition) is 1. The summed E-state index contributed by atoms with van der Waals surface area (Å²) >= 11 is 0. The molecular weight excluding hydrogens is 276 g/mol. The number of nitrogen functional groups attached to an aromatic ring is 1. The molecule has 1 aliphatic carbocycles. The van der Waals surface area contributed by atoms with Gasteiger partial charge >= 0.3 is 0 Å². The number of rotatable bonds is 2. The number of carbonyl (C=O) groups is 1. The van der Waals surface area contributed by atoms with E-state index in [0.29, 0.717) is 17.7 Å². The SMILES string of the molecule is Nc1nccnc1C(=O)N1CCCCC[C@@H]1C1CCCCC1. The second-order valence-corrected chi connectivity index (χ2v) is 6.60. The lowest BCUT2D eigenvalue weighted by Gasteiger charge is -2.37. The van der Waals surface area contributed by atoms with Gasteiger partial charge in [0.25, 0.3) is 5.91 Å². The standard InChI is InChI=1S/C17H26N4O/c18-16-15(19-10-11-20-16)17(22)21-12-6-2-5-9-14(21)13-7-3-1-4-8-13/h10-11,13-14H,1-9,12H2,(H2,18,20)/t14-/m1/s1. The first-order chi connectivity index (χ1) is 10.8. The summed E-state index contributed by atoms with van der Waals surface area (Å²) in [6.07, 6.45) is 14.2. The van der Waals surface area contributed by atoms with Crippen molar-refractivity contribution in [3.63, 3.8) is 0 Å². The van der Waals surface area contributed by atoms with Gasteiger partial charge in [-0.15, -0.1) is 0 Å². The number of anilines is 1. The average molecular weight is 302 g/mol. The Labute approximate surface area is 132 Å². The van der Waals surface area contributed by atoms with Crippen LogP contribution in [0, 0.1) is 5.92 Å². The Hall–Kier alpha value is -1.65. The number of amides is 1. The fourth-order valence-electron chi connectivity index (χ4n) is 4.04. The van der Waals surface area contributed by atoms with E-state index in [1.165, 1.54) is 51.1 Å². The Balaban J connectivity index is 1.83. The van der Waals surface area contributed by atoms with Crippen molar-refractivity contribution in [3.8, 4) is 0 Å². The van der Waals surface area contributed by atoms with E-state index in [0.717, 1.165) is 19.4 Å². The molecule has 0 spiro atoms. The van der Waals surface area contributed by atoms with Gasteiger partial charge in [0.05, 0.1) is 0 Å². The molecule has 1 aliphatic heterocycles. The van der Waals surface area contributed by atoms with Crippen LogP contribution >= 0.6 is 0 Å². The second kappa shape index (κ2) is 7.07. The Bertz CT molecular complexity index is 513. The predicted molar refractivity (Wildman–Crippen MR) is 86.3 cm³/mol. The molecule has 0 aromatic carbocycles. The third kappa shape index (κ3) is 3.23. The van der Waals surface area contributed by atoms with Gasteiger partial charge in [0.15, 0.2) is 11.5 Å². The summed E-state index contributed by atoms with van der Waals surface area (Å²) in [5, 5.41) is 0. The lowest BCUT2D eigenvalue weighted by atomic mass is 9.81. The maximum atomic E-state index is 13.0. The minimum Gasteiger partial charge on any atom is -0.382 e. The van der Waals surface area contributed by atoms with Crippen molar-refractivity contribution in [3.05, 3.63) is 18.1 Å². The Morgan fingerprint density at radius 1 is 1.00 bits per heavy atom. The normalized spacial score (nSPS) is 24.0. The van der Waals surface area contributed by atoms with Crippen molar-refractivity contribution in [1.82, 2.24) is 14.9 Å². The highest BCUT2D eigenvalue weighted by molar-refractivity contribution is 5.96. The number of nitrogens with zero attached hydrogens (tertiary/aromatic N) is 3. The van der Waals surface area contributed by atoms with E-state index in [4.69, 9.17) is 5.73 Å². The second-order valence-electron chi connectivity index (χ2n) is 6.60. The van der Waals surface area contributed by atoms with Crippen molar-refractivity contribution in [2.75, 3.05) is 12.3 Å². The van der Waals surface area contributed by atoms with Crippen molar-refractivity contribution < 1.29 is 4.79 Å². The molecular formula is C17H26N4O. The van der Waals surface area contributed by atoms with Gasteiger partial charge in [-0.2, -0.15) is 0 Å². The molecule has 1 aromatic rings. The van der Waals surface area contributed by atoms with Crippen LogP contribution in [0.25, 0.3) is 0 Å².